The van der Waals surface area contributed by atoms with E-state index in [0.29, 0.717) is 45.5 Å². The van der Waals surface area contributed by atoms with E-state index in [1.165, 1.54) is 9.80 Å². The van der Waals surface area contributed by atoms with E-state index in [2.05, 4.69) is 0 Å². The zero-order chi connectivity index (χ0) is 45.9. The van der Waals surface area contributed by atoms with Crippen molar-refractivity contribution in [2.24, 2.45) is 23.7 Å². The number of ether oxygens (including phenoxy) is 2. The lowest BCUT2D eigenvalue weighted by molar-refractivity contribution is -0.179. The number of hydrogen-bond donors (Lipinski definition) is 2. The Morgan fingerprint density at radius 1 is 0.409 bits per heavy atom. The Morgan fingerprint density at radius 3 is 1.11 bits per heavy atom. The second-order valence-corrected chi connectivity index (χ2v) is 16.7. The third kappa shape index (κ3) is 8.56. The van der Waals surface area contributed by atoms with Gasteiger partial charge < -0.3 is 29.5 Å². The molecule has 0 heterocycles. The Bertz CT molecular complexity index is 2870. The summed E-state index contributed by atoms with van der Waals surface area (Å²) in [4.78, 5) is 60.9. The van der Waals surface area contributed by atoms with E-state index in [1.807, 2.05) is 172 Å². The lowest BCUT2D eigenvalue weighted by atomic mass is 9.55. The number of hydrogen-bond acceptors (Lipinski definition) is 6. The van der Waals surface area contributed by atoms with Gasteiger partial charge in [-0.05, 0) is 95.4 Å². The van der Waals surface area contributed by atoms with Crippen molar-refractivity contribution in [3.63, 3.8) is 0 Å². The van der Waals surface area contributed by atoms with E-state index in [-0.39, 0.29) is 13.1 Å². The number of carbonyl (C=O) groups is 4. The highest BCUT2D eigenvalue weighted by atomic mass is 16.5. The Kier molecular flexibility index (Phi) is 12.0. The molecule has 0 unspecified atom stereocenters. The van der Waals surface area contributed by atoms with Gasteiger partial charge in [0.25, 0.3) is 0 Å². The zero-order valence-electron chi connectivity index (χ0n) is 36.3. The highest BCUT2D eigenvalue weighted by Gasteiger charge is 2.65. The van der Waals surface area contributed by atoms with Crippen LogP contribution in [-0.4, -0.2) is 34.0 Å². The molecule has 0 radical (unpaired) electrons. The van der Waals surface area contributed by atoms with Crippen LogP contribution in [0.5, 0.6) is 23.0 Å². The summed E-state index contributed by atoms with van der Waals surface area (Å²) < 4.78 is 12.0. The van der Waals surface area contributed by atoms with E-state index in [1.54, 1.807) is 24.3 Å². The van der Waals surface area contributed by atoms with Crippen molar-refractivity contribution < 1.29 is 38.9 Å². The van der Waals surface area contributed by atoms with E-state index in [9.17, 15) is 19.8 Å². The second kappa shape index (κ2) is 18.5. The number of benzene rings is 8. The fourth-order valence-electron chi connectivity index (χ4n) is 9.26. The van der Waals surface area contributed by atoms with E-state index in [4.69, 9.17) is 9.47 Å². The Morgan fingerprint density at radius 2 is 0.742 bits per heavy atom. The summed E-state index contributed by atoms with van der Waals surface area (Å²) >= 11 is 0. The Labute approximate surface area is 381 Å². The molecular formula is C56H46N2O8. The first kappa shape index (κ1) is 43.0. The topological polar surface area (TPSA) is 134 Å². The number of nitrogens with zero attached hydrogens (tertiary/aromatic N) is 2. The molecule has 328 valence electrons. The summed E-state index contributed by atoms with van der Waals surface area (Å²) in [5.74, 6) is -8.31. The monoisotopic (exact) mass is 874 g/mol. The predicted molar refractivity (Wildman–Crippen MR) is 255 cm³/mol. The lowest BCUT2D eigenvalue weighted by Gasteiger charge is -2.48. The number of anilines is 2. The highest BCUT2D eigenvalue weighted by Crippen LogP contribution is 2.51. The summed E-state index contributed by atoms with van der Waals surface area (Å²) in [6, 6.07) is 55.8. The van der Waals surface area contributed by atoms with Crippen LogP contribution in [0, 0.1) is 37.5 Å². The number of carboxylic acids is 2. The standard InChI is InChI=1S/C56H46N2O8/c1-35-21-27-39-13-9-11-19-45(39)51(35)57(33-37-23-29-43(30-24-37)65-41-15-5-3-6-16-41)53(59)47-49(55(61)62)48(50(47)56(63)64)54(60)58(52-36(2)22-28-40-14-10-12-20-46(40)52)34-38-25-31-44(32-26-38)66-42-17-7-4-8-18-42/h3-32,47-50H,33-34H2,1-2H3,(H,61,62)(H,63,64)/t47-,48-,49-,50-. The average Bonchev–Trinajstić information content (AvgIpc) is 3.31. The van der Waals surface area contributed by atoms with Crippen LogP contribution >= 0.6 is 0 Å². The number of carbonyl (C=O) groups excluding carboxylic acids is 2. The molecule has 0 saturated heterocycles. The summed E-state index contributed by atoms with van der Waals surface area (Å²) in [5, 5.41) is 25.3. The maximum absolute atomic E-state index is 15.4. The fraction of sp³-hybridized carbons (Fsp3) is 0.143. The molecule has 8 aromatic carbocycles. The van der Waals surface area contributed by atoms with Crippen molar-refractivity contribution in [2.45, 2.75) is 26.9 Å². The van der Waals surface area contributed by atoms with Crippen molar-refractivity contribution in [3.8, 4) is 23.0 Å². The molecule has 9 rings (SSSR count). The fourth-order valence-corrected chi connectivity index (χ4v) is 9.26. The molecule has 0 bridgehead atoms. The van der Waals surface area contributed by atoms with Crippen LogP contribution in [0.2, 0.25) is 0 Å². The number of aryl methyl sites for hydroxylation is 2. The molecule has 2 amide bonds. The van der Waals surface area contributed by atoms with Gasteiger partial charge in [0.15, 0.2) is 0 Å². The van der Waals surface area contributed by atoms with Gasteiger partial charge in [-0.3, -0.25) is 19.2 Å². The quantitative estimate of drug-likeness (QED) is 0.110. The number of fused-ring (bicyclic) bond motifs is 2. The van der Waals surface area contributed by atoms with Crippen molar-refractivity contribution in [1.29, 1.82) is 0 Å². The largest absolute Gasteiger partial charge is 0.481 e. The molecule has 0 atom stereocenters. The average molecular weight is 875 g/mol. The first-order chi connectivity index (χ1) is 32.0. The van der Waals surface area contributed by atoms with Gasteiger partial charge in [-0.1, -0.05) is 133 Å². The first-order valence-electron chi connectivity index (χ1n) is 21.7. The van der Waals surface area contributed by atoms with Crippen molar-refractivity contribution in [2.75, 3.05) is 9.80 Å². The van der Waals surface area contributed by atoms with E-state index < -0.39 is 47.4 Å². The van der Waals surface area contributed by atoms with Crippen LogP contribution < -0.4 is 19.3 Å². The van der Waals surface area contributed by atoms with Crippen LogP contribution in [0.25, 0.3) is 21.5 Å². The van der Waals surface area contributed by atoms with Gasteiger partial charge in [-0.2, -0.15) is 0 Å². The van der Waals surface area contributed by atoms with Gasteiger partial charge in [-0.15, -0.1) is 0 Å². The Balaban J connectivity index is 1.09. The molecule has 0 aromatic heterocycles. The van der Waals surface area contributed by atoms with Crippen LogP contribution in [0.3, 0.4) is 0 Å². The maximum Gasteiger partial charge on any atom is 0.308 e. The molecule has 0 aliphatic heterocycles. The second-order valence-electron chi connectivity index (χ2n) is 16.7. The molecule has 10 heteroatoms. The maximum atomic E-state index is 15.4. The molecule has 2 N–H and O–H groups in total. The summed E-state index contributed by atoms with van der Waals surface area (Å²) in [6.07, 6.45) is 0. The molecule has 1 aliphatic rings. The number of rotatable bonds is 14. The smallest absolute Gasteiger partial charge is 0.308 e. The van der Waals surface area contributed by atoms with Gasteiger partial charge in [0.1, 0.15) is 23.0 Å². The molecule has 66 heavy (non-hydrogen) atoms. The van der Waals surface area contributed by atoms with Crippen LogP contribution in [0.1, 0.15) is 22.3 Å². The van der Waals surface area contributed by atoms with Crippen LogP contribution in [0.15, 0.2) is 182 Å². The van der Waals surface area contributed by atoms with Crippen molar-refractivity contribution in [1.82, 2.24) is 0 Å². The van der Waals surface area contributed by atoms with Gasteiger partial charge in [0.2, 0.25) is 11.8 Å². The zero-order valence-corrected chi connectivity index (χ0v) is 36.3. The van der Waals surface area contributed by atoms with Gasteiger partial charge in [-0.25, -0.2) is 0 Å². The molecular weight excluding hydrogens is 829 g/mol. The summed E-state index contributed by atoms with van der Waals surface area (Å²) in [7, 11) is 0. The number of aliphatic carboxylic acids is 2. The van der Waals surface area contributed by atoms with Gasteiger partial charge in [0.05, 0.1) is 48.1 Å². The molecule has 1 aliphatic carbocycles. The molecule has 8 aromatic rings. The minimum Gasteiger partial charge on any atom is -0.481 e. The summed E-state index contributed by atoms with van der Waals surface area (Å²) in [6.45, 7) is 3.69. The van der Waals surface area contributed by atoms with E-state index in [0.717, 1.165) is 32.7 Å². The van der Waals surface area contributed by atoms with Crippen LogP contribution in [-0.2, 0) is 32.3 Å². The highest BCUT2D eigenvalue weighted by molar-refractivity contribution is 6.12. The number of para-hydroxylation sites is 2. The predicted octanol–water partition coefficient (Wildman–Crippen LogP) is 11.6. The van der Waals surface area contributed by atoms with Gasteiger partial charge in [0, 0.05) is 10.8 Å². The SMILES string of the molecule is Cc1ccc2ccccc2c1N(Cc1ccc(Oc2ccccc2)cc1)C(=O)[C@H]1[C@H](C(=O)O)[C@H](C(=O)N(Cc2ccc(Oc3ccccc3)cc2)c2c(C)ccc3ccccc23)[C@H]1C(=O)O. The van der Waals surface area contributed by atoms with Crippen molar-refractivity contribution in [3.05, 3.63) is 204 Å². The number of carboxylic acid groups (broad SMARTS) is 2. The van der Waals surface area contributed by atoms with Crippen molar-refractivity contribution >= 4 is 56.7 Å². The summed E-state index contributed by atoms with van der Waals surface area (Å²) in [5.41, 5.74) is 3.90. The number of amides is 2. The van der Waals surface area contributed by atoms with Crippen LogP contribution in [0.4, 0.5) is 11.4 Å². The minimum absolute atomic E-state index is 0.0155. The van der Waals surface area contributed by atoms with Gasteiger partial charge >= 0.3 is 11.9 Å². The molecule has 1 saturated carbocycles. The molecule has 0 spiro atoms. The first-order valence-corrected chi connectivity index (χ1v) is 21.7. The lowest BCUT2D eigenvalue weighted by Crippen LogP contribution is -2.64. The minimum atomic E-state index is -1.66. The molecule has 10 nitrogen and oxygen atoms in total. The third-order valence-electron chi connectivity index (χ3n) is 12.5. The third-order valence-corrected chi connectivity index (χ3v) is 12.5. The molecule has 1 fully saturated rings. The van der Waals surface area contributed by atoms with E-state index >= 15 is 9.59 Å². The Hall–Kier alpha value is -8.24. The normalized spacial score (nSPS) is 16.5.